The maximum atomic E-state index is 6.25. The van der Waals surface area contributed by atoms with E-state index in [0.717, 1.165) is 24.5 Å². The molecule has 3 aromatic rings. The van der Waals surface area contributed by atoms with Crippen molar-refractivity contribution in [2.75, 3.05) is 14.1 Å². The first kappa shape index (κ1) is 15.7. The molecule has 2 heterocycles. The summed E-state index contributed by atoms with van der Waals surface area (Å²) in [6.45, 7) is 1.69. The molecule has 0 spiro atoms. The fourth-order valence-electron chi connectivity index (χ4n) is 2.63. The number of hydrogen-bond acceptors (Lipinski definition) is 3. The Morgan fingerprint density at radius 3 is 2.74 bits per heavy atom. The Labute approximate surface area is 141 Å². The molecule has 4 nitrogen and oxygen atoms in total. The summed E-state index contributed by atoms with van der Waals surface area (Å²) in [4.78, 5) is 10.7. The van der Waals surface area contributed by atoms with E-state index < -0.39 is 0 Å². The second kappa shape index (κ2) is 6.94. The van der Waals surface area contributed by atoms with Crippen molar-refractivity contribution in [2.24, 2.45) is 0 Å². The monoisotopic (exact) mass is 326 g/mol. The fourth-order valence-corrected chi connectivity index (χ4v) is 2.83. The minimum atomic E-state index is 0.612. The van der Waals surface area contributed by atoms with E-state index in [4.69, 9.17) is 11.6 Å². The molecule has 2 aromatic heterocycles. The summed E-state index contributed by atoms with van der Waals surface area (Å²) in [5.41, 5.74) is 3.45. The van der Waals surface area contributed by atoms with Crippen molar-refractivity contribution in [3.63, 3.8) is 0 Å². The van der Waals surface area contributed by atoms with Gasteiger partial charge in [-0.3, -0.25) is 4.98 Å². The number of halogens is 1. The van der Waals surface area contributed by atoms with Gasteiger partial charge >= 0.3 is 0 Å². The lowest BCUT2D eigenvalue weighted by Gasteiger charge is -2.12. The summed E-state index contributed by atoms with van der Waals surface area (Å²) in [5, 5.41) is 0.612. The number of nitrogens with zero attached hydrogens (tertiary/aromatic N) is 4. The Kier molecular flexibility index (Phi) is 4.74. The number of benzene rings is 1. The fraction of sp³-hybridized carbons (Fsp3) is 0.222. The highest BCUT2D eigenvalue weighted by Crippen LogP contribution is 2.25. The van der Waals surface area contributed by atoms with E-state index >= 15 is 0 Å². The van der Waals surface area contributed by atoms with Gasteiger partial charge in [-0.05, 0) is 31.3 Å². The molecular weight excluding hydrogens is 308 g/mol. The van der Waals surface area contributed by atoms with Gasteiger partial charge in [0.2, 0.25) is 0 Å². The van der Waals surface area contributed by atoms with Crippen LogP contribution in [0.3, 0.4) is 0 Å². The van der Waals surface area contributed by atoms with Crippen LogP contribution >= 0.6 is 11.6 Å². The van der Waals surface area contributed by atoms with Gasteiger partial charge in [-0.1, -0.05) is 35.9 Å². The highest BCUT2D eigenvalue weighted by Gasteiger charge is 2.10. The molecule has 5 heteroatoms. The maximum Gasteiger partial charge on any atom is 0.141 e. The first-order chi connectivity index (χ1) is 11.1. The summed E-state index contributed by atoms with van der Waals surface area (Å²) in [6.07, 6.45) is 7.16. The average Bonchev–Trinajstić information content (AvgIpc) is 2.95. The third kappa shape index (κ3) is 3.78. The van der Waals surface area contributed by atoms with Crippen molar-refractivity contribution in [3.8, 4) is 11.4 Å². The highest BCUT2D eigenvalue weighted by molar-refractivity contribution is 6.33. The van der Waals surface area contributed by atoms with Gasteiger partial charge in [0.05, 0.1) is 5.02 Å². The van der Waals surface area contributed by atoms with Crippen LogP contribution in [-0.2, 0) is 13.1 Å². The maximum absolute atomic E-state index is 6.25. The number of aromatic nitrogens is 3. The van der Waals surface area contributed by atoms with Crippen molar-refractivity contribution < 1.29 is 0 Å². The smallest absolute Gasteiger partial charge is 0.141 e. The van der Waals surface area contributed by atoms with Gasteiger partial charge in [0, 0.05) is 43.4 Å². The molecule has 118 valence electrons. The van der Waals surface area contributed by atoms with Crippen LogP contribution in [0.15, 0.2) is 55.1 Å². The second-order valence-corrected chi connectivity index (χ2v) is 6.20. The molecule has 3 rings (SSSR count). The van der Waals surface area contributed by atoms with E-state index in [1.807, 2.05) is 12.3 Å². The Balaban J connectivity index is 1.88. The Morgan fingerprint density at radius 2 is 1.96 bits per heavy atom. The van der Waals surface area contributed by atoms with E-state index in [2.05, 4.69) is 57.8 Å². The van der Waals surface area contributed by atoms with Crippen LogP contribution in [0.2, 0.25) is 5.02 Å². The molecule has 0 aliphatic rings. The largest absolute Gasteiger partial charge is 0.327 e. The quantitative estimate of drug-likeness (QED) is 0.716. The molecule has 0 saturated carbocycles. The van der Waals surface area contributed by atoms with E-state index in [9.17, 15) is 0 Å². The predicted octanol–water partition coefficient (Wildman–Crippen LogP) is 3.71. The van der Waals surface area contributed by atoms with E-state index in [1.54, 1.807) is 18.6 Å². The third-order valence-electron chi connectivity index (χ3n) is 3.57. The summed E-state index contributed by atoms with van der Waals surface area (Å²) >= 11 is 6.25. The molecule has 0 N–H and O–H groups in total. The summed E-state index contributed by atoms with van der Waals surface area (Å²) in [6, 6.07) is 10.5. The van der Waals surface area contributed by atoms with Gasteiger partial charge in [0.1, 0.15) is 5.82 Å². The molecule has 0 bridgehead atoms. The molecule has 0 radical (unpaired) electrons. The standard InChI is InChI=1S/C18H19ClN4/c1-22(2)12-14-4-3-5-15(10-14)13-23-9-8-21-18(23)16-6-7-20-11-17(16)19/h3-11H,12-13H2,1-2H3. The molecular formula is C18H19ClN4. The zero-order valence-electron chi connectivity index (χ0n) is 13.3. The zero-order chi connectivity index (χ0) is 16.2. The Bertz CT molecular complexity index is 795. The molecule has 0 unspecified atom stereocenters. The third-order valence-corrected chi connectivity index (χ3v) is 3.87. The van der Waals surface area contributed by atoms with Gasteiger partial charge in [0.25, 0.3) is 0 Å². The van der Waals surface area contributed by atoms with Crippen LogP contribution in [0, 0.1) is 0 Å². The van der Waals surface area contributed by atoms with Crippen molar-refractivity contribution in [2.45, 2.75) is 13.1 Å². The Hall–Kier alpha value is -2.17. The van der Waals surface area contributed by atoms with Crippen LogP contribution in [-0.4, -0.2) is 33.5 Å². The molecule has 0 aliphatic heterocycles. The van der Waals surface area contributed by atoms with Crippen LogP contribution in [0.4, 0.5) is 0 Å². The second-order valence-electron chi connectivity index (χ2n) is 5.79. The molecule has 0 aliphatic carbocycles. The molecule has 23 heavy (non-hydrogen) atoms. The molecule has 0 fully saturated rings. The zero-order valence-corrected chi connectivity index (χ0v) is 14.0. The number of imidazole rings is 1. The van der Waals surface area contributed by atoms with E-state index in [-0.39, 0.29) is 0 Å². The molecule has 0 amide bonds. The normalized spacial score (nSPS) is 11.1. The van der Waals surface area contributed by atoms with Crippen LogP contribution in [0.5, 0.6) is 0 Å². The topological polar surface area (TPSA) is 34.0 Å². The first-order valence-electron chi connectivity index (χ1n) is 7.47. The highest BCUT2D eigenvalue weighted by atomic mass is 35.5. The molecule has 0 atom stereocenters. The lowest BCUT2D eigenvalue weighted by Crippen LogP contribution is -2.11. The van der Waals surface area contributed by atoms with E-state index in [1.165, 1.54) is 11.1 Å². The lowest BCUT2D eigenvalue weighted by molar-refractivity contribution is 0.402. The van der Waals surface area contributed by atoms with Crippen molar-refractivity contribution in [3.05, 3.63) is 71.3 Å². The summed E-state index contributed by atoms with van der Waals surface area (Å²) in [7, 11) is 4.15. The summed E-state index contributed by atoms with van der Waals surface area (Å²) < 4.78 is 2.11. The van der Waals surface area contributed by atoms with Crippen LogP contribution in [0.1, 0.15) is 11.1 Å². The SMILES string of the molecule is CN(C)Cc1cccc(Cn2ccnc2-c2ccncc2Cl)c1. The minimum absolute atomic E-state index is 0.612. The van der Waals surface area contributed by atoms with E-state index in [0.29, 0.717) is 5.02 Å². The number of rotatable bonds is 5. The Morgan fingerprint density at radius 1 is 1.13 bits per heavy atom. The predicted molar refractivity (Wildman–Crippen MR) is 93.4 cm³/mol. The summed E-state index contributed by atoms with van der Waals surface area (Å²) in [5.74, 6) is 0.857. The van der Waals surface area contributed by atoms with Gasteiger partial charge in [-0.15, -0.1) is 0 Å². The minimum Gasteiger partial charge on any atom is -0.327 e. The van der Waals surface area contributed by atoms with Crippen LogP contribution in [0.25, 0.3) is 11.4 Å². The average molecular weight is 327 g/mol. The van der Waals surface area contributed by atoms with Gasteiger partial charge < -0.3 is 9.47 Å². The lowest BCUT2D eigenvalue weighted by atomic mass is 10.1. The van der Waals surface area contributed by atoms with Crippen molar-refractivity contribution in [1.29, 1.82) is 0 Å². The first-order valence-corrected chi connectivity index (χ1v) is 7.85. The number of pyridine rings is 1. The van der Waals surface area contributed by atoms with Crippen LogP contribution < -0.4 is 0 Å². The van der Waals surface area contributed by atoms with Crippen molar-refractivity contribution in [1.82, 2.24) is 19.4 Å². The van der Waals surface area contributed by atoms with Gasteiger partial charge in [-0.25, -0.2) is 4.98 Å². The molecule has 1 aromatic carbocycles. The molecule has 0 saturated heterocycles. The van der Waals surface area contributed by atoms with Gasteiger partial charge in [-0.2, -0.15) is 0 Å². The number of hydrogen-bond donors (Lipinski definition) is 0. The van der Waals surface area contributed by atoms with Crippen molar-refractivity contribution >= 4 is 11.6 Å². The van der Waals surface area contributed by atoms with Gasteiger partial charge in [0.15, 0.2) is 0 Å².